The Morgan fingerprint density at radius 3 is 2.14 bits per heavy atom. The van der Waals surface area contributed by atoms with Gasteiger partial charge in [-0.05, 0) is 81.1 Å². The summed E-state index contributed by atoms with van der Waals surface area (Å²) in [6.07, 6.45) is 0.750. The number of nitrogens with zero attached hydrogens (tertiary/aromatic N) is 1. The van der Waals surface area contributed by atoms with Gasteiger partial charge in [0.1, 0.15) is 11.3 Å². The molecule has 0 bridgehead atoms. The van der Waals surface area contributed by atoms with Crippen molar-refractivity contribution in [1.29, 1.82) is 0 Å². The van der Waals surface area contributed by atoms with Crippen molar-refractivity contribution < 1.29 is 24.2 Å². The molecule has 0 aromatic heterocycles. The summed E-state index contributed by atoms with van der Waals surface area (Å²) >= 11 is 6.75. The second kappa shape index (κ2) is 11.6. The summed E-state index contributed by atoms with van der Waals surface area (Å²) in [6, 6.07) is 8.31. The Labute approximate surface area is 186 Å². The van der Waals surface area contributed by atoms with Crippen LogP contribution in [-0.2, 0) is 14.3 Å². The van der Waals surface area contributed by atoms with E-state index in [1.807, 2.05) is 19.1 Å². The van der Waals surface area contributed by atoms with E-state index in [9.17, 15) is 19.5 Å². The molecule has 0 fully saturated rings. The van der Waals surface area contributed by atoms with Crippen LogP contribution in [0.4, 0.5) is 5.69 Å². The fraction of sp³-hybridized carbons (Fsp3) is 0.250. The maximum Gasteiger partial charge on any atom is 0.342 e. The zero-order chi connectivity index (χ0) is 22.1. The first kappa shape index (κ1) is 24.6. The molecule has 0 aliphatic heterocycles. The molecule has 0 atom stereocenters. The highest BCUT2D eigenvalue weighted by Gasteiger charge is 2.16. The summed E-state index contributed by atoms with van der Waals surface area (Å²) in [6.45, 7) is 3.26. The van der Waals surface area contributed by atoms with Gasteiger partial charge in [-0.2, -0.15) is 0 Å². The molecule has 0 spiro atoms. The Hall–Kier alpha value is -2.39. The Bertz CT molecular complexity index is 877. The molecule has 0 radical (unpaired) electrons. The van der Waals surface area contributed by atoms with Gasteiger partial charge in [-0.3, -0.25) is 9.59 Å². The Morgan fingerprint density at radius 1 is 1.10 bits per heavy atom. The van der Waals surface area contributed by atoms with Gasteiger partial charge in [0.25, 0.3) is 5.91 Å². The molecule has 156 valence electrons. The monoisotopic (exact) mass is 528 g/mol. The molecule has 0 saturated carbocycles. The number of carbonyl (C=O) groups is 3. The van der Waals surface area contributed by atoms with Gasteiger partial charge in [-0.15, -0.1) is 0 Å². The second-order valence-corrected chi connectivity index (χ2v) is 8.03. The minimum Gasteiger partial charge on any atom is -0.507 e. The normalized spacial score (nSPS) is 9.72. The van der Waals surface area contributed by atoms with Crippen molar-refractivity contribution >= 4 is 55.8 Å². The zero-order valence-electron chi connectivity index (χ0n) is 16.5. The smallest absolute Gasteiger partial charge is 0.342 e. The number of phenolic OH excluding ortho intramolecular Hbond substituents is 1. The van der Waals surface area contributed by atoms with Crippen molar-refractivity contribution in [1.82, 2.24) is 4.90 Å². The molecule has 0 heterocycles. The molecule has 29 heavy (non-hydrogen) atoms. The molecule has 0 aliphatic carbocycles. The van der Waals surface area contributed by atoms with E-state index in [-0.39, 0.29) is 11.3 Å². The predicted octanol–water partition coefficient (Wildman–Crippen LogP) is 4.03. The molecule has 9 heteroatoms. The Morgan fingerprint density at radius 2 is 1.66 bits per heavy atom. The standard InChI is InChI=1S/C17H15Br2NO4.C3H7NO/c1-9-3-4-11(14(21)7-9)17(23)24-8-15(22)20-16-12(18)5-10(2)6-13(16)19;1-4(2)3-5/h3-7,21H,8H2,1-2H3,(H,20,22);3H,1-2H3. The van der Waals surface area contributed by atoms with E-state index in [2.05, 4.69) is 37.2 Å². The van der Waals surface area contributed by atoms with Crippen LogP contribution in [0.15, 0.2) is 39.3 Å². The summed E-state index contributed by atoms with van der Waals surface area (Å²) in [7, 11) is 3.38. The van der Waals surface area contributed by atoms with Crippen LogP contribution in [0.1, 0.15) is 21.5 Å². The minimum atomic E-state index is -0.760. The van der Waals surface area contributed by atoms with Crippen LogP contribution >= 0.6 is 31.9 Å². The second-order valence-electron chi connectivity index (χ2n) is 6.32. The molecule has 2 amide bonds. The Kier molecular flexibility index (Phi) is 9.84. The molecular weight excluding hydrogens is 508 g/mol. The Balaban J connectivity index is 0.000000749. The molecule has 2 aromatic carbocycles. The van der Waals surface area contributed by atoms with Gasteiger partial charge in [-0.1, -0.05) is 6.07 Å². The number of carbonyl (C=O) groups excluding carboxylic acids is 3. The number of ether oxygens (including phenoxy) is 1. The third kappa shape index (κ3) is 8.25. The molecular formula is C20H22Br2N2O5. The number of esters is 1. The molecule has 0 aliphatic rings. The number of nitrogens with one attached hydrogen (secondary N) is 1. The van der Waals surface area contributed by atoms with Gasteiger partial charge in [0, 0.05) is 23.0 Å². The van der Waals surface area contributed by atoms with E-state index in [0.717, 1.165) is 17.5 Å². The lowest BCUT2D eigenvalue weighted by Gasteiger charge is -2.11. The van der Waals surface area contributed by atoms with Crippen LogP contribution in [0.3, 0.4) is 0 Å². The van der Waals surface area contributed by atoms with Gasteiger partial charge >= 0.3 is 5.97 Å². The van der Waals surface area contributed by atoms with E-state index >= 15 is 0 Å². The van der Waals surface area contributed by atoms with Crippen molar-refractivity contribution in [3.8, 4) is 5.75 Å². The lowest BCUT2D eigenvalue weighted by molar-refractivity contribution is -0.119. The van der Waals surface area contributed by atoms with Crippen molar-refractivity contribution in [3.63, 3.8) is 0 Å². The first-order valence-corrected chi connectivity index (χ1v) is 9.97. The van der Waals surface area contributed by atoms with Crippen molar-refractivity contribution in [2.24, 2.45) is 0 Å². The van der Waals surface area contributed by atoms with Gasteiger partial charge in [0.15, 0.2) is 6.61 Å². The molecule has 0 saturated heterocycles. The van der Waals surface area contributed by atoms with E-state index in [4.69, 9.17) is 4.74 Å². The molecule has 2 N–H and O–H groups in total. The zero-order valence-corrected chi connectivity index (χ0v) is 19.6. The van der Waals surface area contributed by atoms with Gasteiger partial charge < -0.3 is 20.1 Å². The van der Waals surface area contributed by atoms with Crippen LogP contribution in [-0.4, -0.2) is 49.0 Å². The van der Waals surface area contributed by atoms with E-state index in [1.54, 1.807) is 27.1 Å². The van der Waals surface area contributed by atoms with E-state index in [0.29, 0.717) is 14.6 Å². The first-order chi connectivity index (χ1) is 13.5. The number of aryl methyl sites for hydroxylation is 2. The first-order valence-electron chi connectivity index (χ1n) is 8.39. The van der Waals surface area contributed by atoms with Crippen LogP contribution < -0.4 is 5.32 Å². The number of hydrogen-bond acceptors (Lipinski definition) is 5. The van der Waals surface area contributed by atoms with E-state index < -0.39 is 18.5 Å². The van der Waals surface area contributed by atoms with Gasteiger partial charge in [-0.25, -0.2) is 4.79 Å². The van der Waals surface area contributed by atoms with Crippen molar-refractivity contribution in [2.45, 2.75) is 13.8 Å². The summed E-state index contributed by atoms with van der Waals surface area (Å²) in [4.78, 5) is 34.8. The number of anilines is 1. The number of halogens is 2. The SMILES string of the molecule is CN(C)C=O.Cc1ccc(C(=O)OCC(=O)Nc2c(Br)cc(C)cc2Br)c(O)c1. The lowest BCUT2D eigenvalue weighted by atomic mass is 10.1. The van der Waals surface area contributed by atoms with Crippen LogP contribution in [0, 0.1) is 13.8 Å². The number of hydrogen-bond donors (Lipinski definition) is 2. The number of aromatic hydroxyl groups is 1. The molecule has 0 unspecified atom stereocenters. The lowest BCUT2D eigenvalue weighted by Crippen LogP contribution is -2.21. The van der Waals surface area contributed by atoms with Crippen molar-refractivity contribution in [2.75, 3.05) is 26.0 Å². The van der Waals surface area contributed by atoms with Crippen LogP contribution in [0.25, 0.3) is 0 Å². The quantitative estimate of drug-likeness (QED) is 0.450. The largest absolute Gasteiger partial charge is 0.507 e. The molecule has 2 aromatic rings. The number of benzene rings is 2. The number of rotatable bonds is 5. The fourth-order valence-corrected chi connectivity index (χ4v) is 3.63. The number of phenols is 1. The van der Waals surface area contributed by atoms with Gasteiger partial charge in [0.2, 0.25) is 6.41 Å². The van der Waals surface area contributed by atoms with E-state index in [1.165, 1.54) is 17.0 Å². The third-order valence-electron chi connectivity index (χ3n) is 3.37. The van der Waals surface area contributed by atoms with Crippen molar-refractivity contribution in [3.05, 3.63) is 56.0 Å². The average Bonchev–Trinajstić information content (AvgIpc) is 2.63. The highest BCUT2D eigenvalue weighted by atomic mass is 79.9. The maximum absolute atomic E-state index is 12.0. The summed E-state index contributed by atoms with van der Waals surface area (Å²) in [5, 5.41) is 12.4. The van der Waals surface area contributed by atoms with Crippen LogP contribution in [0.2, 0.25) is 0 Å². The predicted molar refractivity (Wildman–Crippen MR) is 118 cm³/mol. The summed E-state index contributed by atoms with van der Waals surface area (Å²) < 4.78 is 6.37. The molecule has 2 rings (SSSR count). The van der Waals surface area contributed by atoms with Gasteiger partial charge in [0.05, 0.1) is 5.69 Å². The highest BCUT2D eigenvalue weighted by molar-refractivity contribution is 9.11. The third-order valence-corrected chi connectivity index (χ3v) is 4.62. The summed E-state index contributed by atoms with van der Waals surface area (Å²) in [5.41, 5.74) is 2.41. The molecule has 7 nitrogen and oxygen atoms in total. The summed E-state index contributed by atoms with van der Waals surface area (Å²) in [5.74, 6) is -1.42. The average molecular weight is 530 g/mol. The highest BCUT2D eigenvalue weighted by Crippen LogP contribution is 2.32. The fourth-order valence-electron chi connectivity index (χ4n) is 2.02. The maximum atomic E-state index is 12.0. The topological polar surface area (TPSA) is 95.9 Å². The minimum absolute atomic E-state index is 0.0195. The number of amides is 2. The van der Waals surface area contributed by atoms with Crippen LogP contribution in [0.5, 0.6) is 5.75 Å².